The lowest BCUT2D eigenvalue weighted by molar-refractivity contribution is -0.403. The molecular weight excluding hydrogens is 396 g/mol. The lowest BCUT2D eigenvalue weighted by Gasteiger charge is -1.93. The van der Waals surface area contributed by atoms with Crippen LogP contribution in [0.4, 0.5) is 17.1 Å². The van der Waals surface area contributed by atoms with Crippen LogP contribution in [0, 0.1) is 30.3 Å². The molecule has 12 nitrogen and oxygen atoms in total. The van der Waals surface area contributed by atoms with Crippen LogP contribution in [0.5, 0.6) is 0 Å². The minimum absolute atomic E-state index is 0.660. The highest BCUT2D eigenvalue weighted by atomic mass is 16.6. The van der Waals surface area contributed by atoms with Gasteiger partial charge in [-0.3, -0.25) is 30.3 Å². The van der Waals surface area contributed by atoms with Crippen LogP contribution in [0.3, 0.4) is 0 Å². The molecule has 0 bridgehead atoms. The van der Waals surface area contributed by atoms with E-state index in [1.807, 2.05) is 0 Å². The van der Waals surface area contributed by atoms with Crippen LogP contribution in [0.15, 0.2) is 18.2 Å². The van der Waals surface area contributed by atoms with Gasteiger partial charge in [-0.2, -0.15) is 0 Å². The second-order valence-electron chi connectivity index (χ2n) is 5.91. The molecule has 1 rings (SSSR count). The first-order chi connectivity index (χ1) is 14.2. The van der Waals surface area contributed by atoms with Crippen molar-refractivity contribution >= 4 is 17.1 Å². The van der Waals surface area contributed by atoms with Crippen LogP contribution in [0.2, 0.25) is 0 Å². The number of nitrogens with two attached hydrogens (primary N) is 3. The third-order valence-corrected chi connectivity index (χ3v) is 3.19. The Bertz CT molecular complexity index is 501. The average Bonchev–Trinajstić information content (AvgIpc) is 2.71. The molecule has 0 aromatic heterocycles. The van der Waals surface area contributed by atoms with E-state index in [4.69, 9.17) is 17.2 Å². The van der Waals surface area contributed by atoms with E-state index in [0.29, 0.717) is 18.2 Å². The van der Waals surface area contributed by atoms with Crippen LogP contribution in [-0.2, 0) is 0 Å². The second kappa shape index (κ2) is 22.6. The van der Waals surface area contributed by atoms with Crippen LogP contribution in [0.25, 0.3) is 0 Å². The first-order valence-corrected chi connectivity index (χ1v) is 9.84. The quantitative estimate of drug-likeness (QED) is 0.383. The fraction of sp³-hybridized carbons (Fsp3) is 0.667. The van der Waals surface area contributed by atoms with Gasteiger partial charge in [-0.15, -0.1) is 0 Å². The smallest absolute Gasteiger partial charge is 0.283 e. The minimum atomic E-state index is -0.931. The number of unbranched alkanes of at least 4 members (excludes halogenated alkanes) is 3. The summed E-state index contributed by atoms with van der Waals surface area (Å²) in [5, 5.41) is 30.9. The summed E-state index contributed by atoms with van der Waals surface area (Å²) in [4.78, 5) is 28.1. The van der Waals surface area contributed by atoms with Crippen molar-refractivity contribution in [3.8, 4) is 0 Å². The molecule has 0 aliphatic heterocycles. The van der Waals surface area contributed by atoms with Crippen LogP contribution >= 0.6 is 0 Å². The molecule has 6 N–H and O–H groups in total. The molecule has 0 spiro atoms. The summed E-state index contributed by atoms with van der Waals surface area (Å²) < 4.78 is 0. The highest BCUT2D eigenvalue weighted by molar-refractivity contribution is 5.52. The third kappa shape index (κ3) is 20.0. The summed E-state index contributed by atoms with van der Waals surface area (Å²) in [5.41, 5.74) is 13.4. The zero-order chi connectivity index (χ0) is 23.9. The summed E-state index contributed by atoms with van der Waals surface area (Å²) in [5.74, 6) is 0. The molecule has 0 amide bonds. The van der Waals surface area contributed by atoms with Crippen molar-refractivity contribution in [1.29, 1.82) is 0 Å². The van der Waals surface area contributed by atoms with E-state index in [1.165, 1.54) is 38.5 Å². The molecule has 1 aromatic rings. The van der Waals surface area contributed by atoms with E-state index in [2.05, 4.69) is 20.8 Å². The Morgan fingerprint density at radius 1 is 0.600 bits per heavy atom. The lowest BCUT2D eigenvalue weighted by Crippen LogP contribution is -1.96. The van der Waals surface area contributed by atoms with E-state index >= 15 is 0 Å². The molecule has 0 radical (unpaired) electrons. The molecule has 0 aliphatic carbocycles. The predicted octanol–water partition coefficient (Wildman–Crippen LogP) is 3.65. The summed E-state index contributed by atoms with van der Waals surface area (Å²) >= 11 is 0. The Hall–Kier alpha value is -2.70. The summed E-state index contributed by atoms with van der Waals surface area (Å²) in [6, 6.07) is 1.98. The van der Waals surface area contributed by atoms with Crippen LogP contribution < -0.4 is 17.2 Å². The topological polar surface area (TPSA) is 207 Å². The van der Waals surface area contributed by atoms with Crippen molar-refractivity contribution in [2.24, 2.45) is 17.2 Å². The first kappa shape index (κ1) is 32.0. The number of rotatable bonds is 9. The average molecular weight is 433 g/mol. The van der Waals surface area contributed by atoms with E-state index in [9.17, 15) is 30.3 Å². The van der Waals surface area contributed by atoms with Gasteiger partial charge in [-0.05, 0) is 38.9 Å². The number of benzene rings is 1. The Morgan fingerprint density at radius 3 is 0.867 bits per heavy atom. The summed E-state index contributed by atoms with van der Waals surface area (Å²) in [7, 11) is 0. The fourth-order valence-electron chi connectivity index (χ4n) is 1.51. The molecule has 174 valence electrons. The van der Waals surface area contributed by atoms with Crippen LogP contribution in [-0.4, -0.2) is 34.4 Å². The van der Waals surface area contributed by atoms with E-state index < -0.39 is 31.8 Å². The van der Waals surface area contributed by atoms with Crippen molar-refractivity contribution in [3.05, 3.63) is 48.5 Å². The van der Waals surface area contributed by atoms with Gasteiger partial charge in [0.1, 0.15) is 0 Å². The van der Waals surface area contributed by atoms with Crippen molar-refractivity contribution in [3.63, 3.8) is 0 Å². The van der Waals surface area contributed by atoms with E-state index in [0.717, 1.165) is 19.6 Å². The normalized spacial score (nSPS) is 9.00. The Balaban J connectivity index is -0.000000400. The van der Waals surface area contributed by atoms with Crippen molar-refractivity contribution in [1.82, 2.24) is 0 Å². The molecule has 0 atom stereocenters. The highest BCUT2D eigenvalue weighted by Crippen LogP contribution is 2.26. The maximum atomic E-state index is 10.3. The monoisotopic (exact) mass is 432 g/mol. The zero-order valence-electron chi connectivity index (χ0n) is 18.1. The second-order valence-corrected chi connectivity index (χ2v) is 5.91. The molecule has 0 unspecified atom stereocenters. The van der Waals surface area contributed by atoms with Crippen molar-refractivity contribution in [2.45, 2.75) is 59.3 Å². The van der Waals surface area contributed by atoms with Gasteiger partial charge in [0.25, 0.3) is 17.1 Å². The number of non-ortho nitro benzene ring substituents is 3. The molecule has 0 heterocycles. The van der Waals surface area contributed by atoms with Gasteiger partial charge >= 0.3 is 0 Å². The first-order valence-electron chi connectivity index (χ1n) is 9.84. The van der Waals surface area contributed by atoms with Crippen molar-refractivity contribution in [2.75, 3.05) is 19.6 Å². The maximum absolute atomic E-state index is 10.3. The standard InChI is InChI=1S/C6H3N3O6.3C4H11N/c10-7(11)4-1-5(8(12)13)3-6(2-4)9(14)15;3*1-2-3-4-5/h1-3H;3*2-5H2,1H3. The molecule has 12 heteroatoms. The van der Waals surface area contributed by atoms with Gasteiger partial charge in [0, 0.05) is 0 Å². The highest BCUT2D eigenvalue weighted by Gasteiger charge is 2.21. The van der Waals surface area contributed by atoms with E-state index in [1.54, 1.807) is 0 Å². The minimum Gasteiger partial charge on any atom is -0.330 e. The van der Waals surface area contributed by atoms with Gasteiger partial charge in [-0.1, -0.05) is 40.0 Å². The summed E-state index contributed by atoms with van der Waals surface area (Å²) in [6.45, 7) is 8.93. The zero-order valence-corrected chi connectivity index (χ0v) is 18.1. The van der Waals surface area contributed by atoms with Gasteiger partial charge in [-0.25, -0.2) is 0 Å². The molecule has 0 aliphatic rings. The molecule has 1 aromatic carbocycles. The number of nitro benzene ring substituents is 3. The maximum Gasteiger partial charge on any atom is 0.283 e. The molecule has 0 saturated heterocycles. The van der Waals surface area contributed by atoms with Gasteiger partial charge in [0.15, 0.2) is 0 Å². The largest absolute Gasteiger partial charge is 0.330 e. The Kier molecular flexibility index (Phi) is 24.1. The fourth-order valence-corrected chi connectivity index (χ4v) is 1.51. The lowest BCUT2D eigenvalue weighted by atomic mass is 10.2. The molecule has 30 heavy (non-hydrogen) atoms. The summed E-state index contributed by atoms with van der Waals surface area (Å²) in [6.07, 6.45) is 7.16. The SMILES string of the molecule is CCCCN.CCCCN.CCCCN.O=[N+]([O-])c1cc([N+](=O)[O-])cc([N+](=O)[O-])c1. The number of hydrogen-bond acceptors (Lipinski definition) is 9. The Labute approximate surface area is 177 Å². The van der Waals surface area contributed by atoms with Gasteiger partial charge < -0.3 is 17.2 Å². The number of hydrogen-bond donors (Lipinski definition) is 3. The molecule has 0 saturated carbocycles. The molecular formula is C18H36N6O6. The molecule has 0 fully saturated rings. The van der Waals surface area contributed by atoms with Gasteiger partial charge in [0.2, 0.25) is 0 Å². The Morgan fingerprint density at radius 2 is 0.800 bits per heavy atom. The van der Waals surface area contributed by atoms with E-state index in [-0.39, 0.29) is 0 Å². The van der Waals surface area contributed by atoms with Gasteiger partial charge in [0.05, 0.1) is 33.0 Å². The van der Waals surface area contributed by atoms with Crippen LogP contribution in [0.1, 0.15) is 59.3 Å². The predicted molar refractivity (Wildman–Crippen MR) is 118 cm³/mol. The van der Waals surface area contributed by atoms with Crippen molar-refractivity contribution < 1.29 is 14.8 Å². The number of nitro groups is 3. The third-order valence-electron chi connectivity index (χ3n) is 3.19. The number of nitrogens with zero attached hydrogens (tertiary/aromatic N) is 3.